The summed E-state index contributed by atoms with van der Waals surface area (Å²) in [6.07, 6.45) is 4.37. The van der Waals surface area contributed by atoms with Gasteiger partial charge < -0.3 is 14.2 Å². The lowest BCUT2D eigenvalue weighted by Gasteiger charge is -2.11. The van der Waals surface area contributed by atoms with Gasteiger partial charge in [0.2, 0.25) is 6.79 Å². The maximum atomic E-state index is 12.7. The predicted octanol–water partition coefficient (Wildman–Crippen LogP) is 5.08. The van der Waals surface area contributed by atoms with Crippen molar-refractivity contribution in [1.29, 1.82) is 0 Å². The van der Waals surface area contributed by atoms with E-state index in [4.69, 9.17) is 14.2 Å². The molecule has 1 aliphatic heterocycles. The fourth-order valence-electron chi connectivity index (χ4n) is 2.72. The fraction of sp³-hybridized carbons (Fsp3) is 0.0476. The number of esters is 1. The van der Waals surface area contributed by atoms with Gasteiger partial charge in [-0.3, -0.25) is 9.78 Å². The number of pyridine rings is 1. The molecule has 0 bridgehead atoms. The van der Waals surface area contributed by atoms with Crippen molar-refractivity contribution in [1.82, 2.24) is 10.4 Å². The molecule has 0 radical (unpaired) electrons. The third kappa shape index (κ3) is 5.17. The van der Waals surface area contributed by atoms with E-state index in [0.29, 0.717) is 37.1 Å². The first-order chi connectivity index (χ1) is 15.4. The molecular formula is C21H12Br3N3O5. The standard InChI is InChI=1S/C21H12Br3N3O5/c22-14-3-12(8-26-27-20(28)13-4-15(23)9-25-7-13)19(16(24)6-14)32-21(29)11-1-2-17-18(5-11)31-10-30-17/h1-9H,10H2,(H,27,28)/b26-8+. The first kappa shape index (κ1) is 22.4. The van der Waals surface area contributed by atoms with Crippen molar-refractivity contribution in [3.05, 3.63) is 78.9 Å². The second-order valence-electron chi connectivity index (χ2n) is 6.35. The molecule has 0 aliphatic carbocycles. The minimum atomic E-state index is -0.592. The number of ether oxygens (including phenoxy) is 3. The number of amides is 1. The molecule has 4 rings (SSSR count). The minimum Gasteiger partial charge on any atom is -0.454 e. The topological polar surface area (TPSA) is 99.1 Å². The first-order valence-corrected chi connectivity index (χ1v) is 11.3. The highest BCUT2D eigenvalue weighted by molar-refractivity contribution is 9.11. The summed E-state index contributed by atoms with van der Waals surface area (Å²) in [6.45, 7) is 0.106. The lowest BCUT2D eigenvalue weighted by Crippen LogP contribution is -2.18. The van der Waals surface area contributed by atoms with Crippen molar-refractivity contribution in [3.8, 4) is 17.2 Å². The van der Waals surface area contributed by atoms with Crippen LogP contribution in [0.25, 0.3) is 0 Å². The van der Waals surface area contributed by atoms with Crippen LogP contribution in [-0.2, 0) is 0 Å². The van der Waals surface area contributed by atoms with Crippen LogP contribution in [0.4, 0.5) is 0 Å². The largest absolute Gasteiger partial charge is 0.454 e. The van der Waals surface area contributed by atoms with Crippen LogP contribution in [0.2, 0.25) is 0 Å². The second-order valence-corrected chi connectivity index (χ2v) is 9.04. The van der Waals surface area contributed by atoms with Crippen molar-refractivity contribution in [2.45, 2.75) is 0 Å². The van der Waals surface area contributed by atoms with E-state index in [1.54, 1.807) is 42.6 Å². The predicted molar refractivity (Wildman–Crippen MR) is 126 cm³/mol. The number of hydrogen-bond acceptors (Lipinski definition) is 7. The Hall–Kier alpha value is -2.76. The molecule has 32 heavy (non-hydrogen) atoms. The van der Waals surface area contributed by atoms with Gasteiger partial charge in [0, 0.05) is 26.9 Å². The molecule has 2 heterocycles. The Morgan fingerprint density at radius 3 is 2.62 bits per heavy atom. The van der Waals surface area contributed by atoms with Gasteiger partial charge in [0.05, 0.1) is 21.8 Å². The van der Waals surface area contributed by atoms with Crippen LogP contribution in [0.5, 0.6) is 17.2 Å². The lowest BCUT2D eigenvalue weighted by molar-refractivity contribution is 0.0732. The van der Waals surface area contributed by atoms with Crippen LogP contribution >= 0.6 is 47.8 Å². The van der Waals surface area contributed by atoms with Gasteiger partial charge in [0.25, 0.3) is 5.91 Å². The maximum Gasteiger partial charge on any atom is 0.343 e. The molecular weight excluding hydrogens is 614 g/mol. The van der Waals surface area contributed by atoms with E-state index in [0.717, 1.165) is 4.47 Å². The number of carbonyl (C=O) groups is 2. The van der Waals surface area contributed by atoms with E-state index in [1.165, 1.54) is 12.4 Å². The van der Waals surface area contributed by atoms with E-state index >= 15 is 0 Å². The number of aromatic nitrogens is 1. The molecule has 1 amide bonds. The Labute approximate surface area is 207 Å². The number of rotatable bonds is 5. The van der Waals surface area contributed by atoms with E-state index in [9.17, 15) is 9.59 Å². The van der Waals surface area contributed by atoms with Crippen LogP contribution in [0.15, 0.2) is 67.3 Å². The Morgan fingerprint density at radius 2 is 1.81 bits per heavy atom. The molecule has 2 aromatic carbocycles. The number of nitrogens with one attached hydrogen (secondary N) is 1. The lowest BCUT2D eigenvalue weighted by atomic mass is 10.2. The van der Waals surface area contributed by atoms with E-state index in [2.05, 4.69) is 63.3 Å². The summed E-state index contributed by atoms with van der Waals surface area (Å²) in [4.78, 5) is 28.9. The normalized spacial score (nSPS) is 12.1. The summed E-state index contributed by atoms with van der Waals surface area (Å²) < 4.78 is 18.1. The van der Waals surface area contributed by atoms with Crippen molar-refractivity contribution < 1.29 is 23.8 Å². The van der Waals surface area contributed by atoms with Gasteiger partial charge in [-0.05, 0) is 68.3 Å². The monoisotopic (exact) mass is 623 g/mol. The summed E-state index contributed by atoms with van der Waals surface area (Å²) in [5.41, 5.74) is 3.50. The number of hydrogen-bond donors (Lipinski definition) is 1. The molecule has 11 heteroatoms. The maximum absolute atomic E-state index is 12.7. The zero-order valence-corrected chi connectivity index (χ0v) is 20.7. The zero-order chi connectivity index (χ0) is 22.7. The van der Waals surface area contributed by atoms with Gasteiger partial charge in [0.1, 0.15) is 0 Å². The number of nitrogens with zero attached hydrogens (tertiary/aromatic N) is 2. The SMILES string of the molecule is O=C(N/N=C/c1cc(Br)cc(Br)c1OC(=O)c1ccc2c(c1)OCO2)c1cncc(Br)c1. The van der Waals surface area contributed by atoms with Crippen LogP contribution in [0, 0.1) is 0 Å². The second kappa shape index (κ2) is 9.80. The van der Waals surface area contributed by atoms with E-state index in [-0.39, 0.29) is 12.5 Å². The molecule has 3 aromatic rings. The van der Waals surface area contributed by atoms with Crippen molar-refractivity contribution in [2.75, 3.05) is 6.79 Å². The summed E-state index contributed by atoms with van der Waals surface area (Å²) in [6, 6.07) is 9.82. The highest BCUT2D eigenvalue weighted by Crippen LogP contribution is 2.35. The summed E-state index contributed by atoms with van der Waals surface area (Å²) in [7, 11) is 0. The van der Waals surface area contributed by atoms with Crippen LogP contribution in [0.1, 0.15) is 26.3 Å². The Morgan fingerprint density at radius 1 is 1.00 bits per heavy atom. The van der Waals surface area contributed by atoms with E-state index in [1.807, 2.05) is 0 Å². The Balaban J connectivity index is 1.53. The smallest absolute Gasteiger partial charge is 0.343 e. The summed E-state index contributed by atoms with van der Waals surface area (Å²) in [5.74, 6) is 0.239. The van der Waals surface area contributed by atoms with Crippen molar-refractivity contribution in [2.24, 2.45) is 5.10 Å². The molecule has 0 saturated carbocycles. The van der Waals surface area contributed by atoms with Crippen LogP contribution in [0.3, 0.4) is 0 Å². The number of halogens is 3. The first-order valence-electron chi connectivity index (χ1n) is 8.95. The van der Waals surface area contributed by atoms with E-state index < -0.39 is 11.9 Å². The van der Waals surface area contributed by atoms with Gasteiger partial charge in [0.15, 0.2) is 17.2 Å². The number of benzene rings is 2. The average molecular weight is 626 g/mol. The van der Waals surface area contributed by atoms with Gasteiger partial charge in [-0.25, -0.2) is 10.2 Å². The highest BCUT2D eigenvalue weighted by atomic mass is 79.9. The molecule has 8 nitrogen and oxygen atoms in total. The molecule has 0 saturated heterocycles. The fourth-order valence-corrected chi connectivity index (χ4v) is 4.42. The molecule has 162 valence electrons. The van der Waals surface area contributed by atoms with Gasteiger partial charge in [-0.2, -0.15) is 5.10 Å². The molecule has 1 aromatic heterocycles. The van der Waals surface area contributed by atoms with Crippen LogP contribution in [-0.4, -0.2) is 29.9 Å². The van der Waals surface area contributed by atoms with Gasteiger partial charge in [-0.15, -0.1) is 0 Å². The Kier molecular flexibility index (Phi) is 6.87. The third-order valence-corrected chi connectivity index (χ3v) is 5.66. The minimum absolute atomic E-state index is 0.106. The number of fused-ring (bicyclic) bond motifs is 1. The Bertz CT molecular complexity index is 1250. The molecule has 1 aliphatic rings. The molecule has 0 unspecified atom stereocenters. The quantitative estimate of drug-likeness (QED) is 0.184. The molecule has 0 fully saturated rings. The number of hydrazone groups is 1. The molecule has 0 atom stereocenters. The van der Waals surface area contributed by atoms with Crippen molar-refractivity contribution in [3.63, 3.8) is 0 Å². The highest BCUT2D eigenvalue weighted by Gasteiger charge is 2.19. The molecule has 1 N–H and O–H groups in total. The van der Waals surface area contributed by atoms with Crippen LogP contribution < -0.4 is 19.6 Å². The molecule has 0 spiro atoms. The summed E-state index contributed by atoms with van der Waals surface area (Å²) in [5, 5.41) is 3.98. The zero-order valence-electron chi connectivity index (χ0n) is 16.0. The average Bonchev–Trinajstić information content (AvgIpc) is 3.23. The van der Waals surface area contributed by atoms with Crippen molar-refractivity contribution >= 4 is 65.9 Å². The number of carbonyl (C=O) groups excluding carboxylic acids is 2. The third-order valence-electron chi connectivity index (χ3n) is 4.18. The van der Waals surface area contributed by atoms with Gasteiger partial charge >= 0.3 is 5.97 Å². The summed E-state index contributed by atoms with van der Waals surface area (Å²) >= 11 is 10.1. The van der Waals surface area contributed by atoms with Gasteiger partial charge in [-0.1, -0.05) is 15.9 Å².